The second-order valence-electron chi connectivity index (χ2n) is 3.71. The molecule has 0 N–H and O–H groups in total. The third kappa shape index (κ3) is 2.57. The van der Waals surface area contributed by atoms with Crippen molar-refractivity contribution in [3.63, 3.8) is 0 Å². The fourth-order valence-electron chi connectivity index (χ4n) is 1.59. The fourth-order valence-corrected chi connectivity index (χ4v) is 1.94. The molecule has 0 saturated carbocycles. The Balaban J connectivity index is 2.12. The molecule has 94 valence electrons. The van der Waals surface area contributed by atoms with E-state index in [-0.39, 0.29) is 5.28 Å². The molecule has 3 aromatic rings. The first-order chi connectivity index (χ1) is 9.22. The van der Waals surface area contributed by atoms with Crippen molar-refractivity contribution in [2.75, 3.05) is 0 Å². The molecular weight excluding hydrogens is 285 g/mol. The number of imidazole rings is 1. The first-order valence-corrected chi connectivity index (χ1v) is 6.14. The van der Waals surface area contributed by atoms with Gasteiger partial charge in [0.2, 0.25) is 11.2 Å². The lowest BCUT2D eigenvalue weighted by molar-refractivity contribution is 0.899. The van der Waals surface area contributed by atoms with Gasteiger partial charge < -0.3 is 0 Å². The summed E-state index contributed by atoms with van der Waals surface area (Å²) in [7, 11) is 0. The van der Waals surface area contributed by atoms with Crippen LogP contribution in [-0.2, 0) is 0 Å². The summed E-state index contributed by atoms with van der Waals surface area (Å²) in [6.07, 6.45) is 4.96. The van der Waals surface area contributed by atoms with E-state index in [0.717, 1.165) is 5.56 Å². The van der Waals surface area contributed by atoms with Crippen LogP contribution in [0.3, 0.4) is 0 Å². The van der Waals surface area contributed by atoms with Crippen LogP contribution < -0.4 is 0 Å². The predicted octanol–water partition coefficient (Wildman–Crippen LogP) is 3.03. The number of nitrogens with zero attached hydrogens (tertiary/aromatic N) is 5. The van der Waals surface area contributed by atoms with Crippen LogP contribution in [0.4, 0.5) is 0 Å². The average Bonchev–Trinajstić information content (AvgIpc) is 2.92. The quantitative estimate of drug-likeness (QED) is 0.728. The molecule has 0 fully saturated rings. The first-order valence-electron chi connectivity index (χ1n) is 5.38. The number of hydrogen-bond donors (Lipinski definition) is 0. The molecular formula is C12H7Cl2N5. The summed E-state index contributed by atoms with van der Waals surface area (Å²) in [5.41, 5.74) is 0.776. The molecule has 0 bridgehead atoms. The molecule has 2 heterocycles. The third-order valence-electron chi connectivity index (χ3n) is 2.41. The molecule has 0 amide bonds. The molecule has 0 aliphatic carbocycles. The predicted molar refractivity (Wildman–Crippen MR) is 72.4 cm³/mol. The summed E-state index contributed by atoms with van der Waals surface area (Å²) < 4.78 is 1.65. The Morgan fingerprint density at radius 3 is 2.68 bits per heavy atom. The fraction of sp³-hybridized carbons (Fsp3) is 0. The minimum Gasteiger partial charge on any atom is -0.274 e. The standard InChI is InChI=1S/C12H7Cl2N5/c13-9-3-1-2-8(6-9)10-16-11(14)18-12(17-10)19-5-4-15-7-19/h1-7H. The Bertz CT molecular complexity index is 712. The smallest absolute Gasteiger partial charge is 0.239 e. The highest BCUT2D eigenvalue weighted by Gasteiger charge is 2.08. The van der Waals surface area contributed by atoms with E-state index in [4.69, 9.17) is 23.2 Å². The molecule has 5 nitrogen and oxygen atoms in total. The largest absolute Gasteiger partial charge is 0.274 e. The molecule has 0 saturated heterocycles. The maximum atomic E-state index is 5.95. The lowest BCUT2D eigenvalue weighted by atomic mass is 10.2. The zero-order chi connectivity index (χ0) is 13.2. The van der Waals surface area contributed by atoms with E-state index < -0.39 is 0 Å². The maximum absolute atomic E-state index is 5.95. The Morgan fingerprint density at radius 1 is 1.05 bits per heavy atom. The van der Waals surface area contributed by atoms with Crippen LogP contribution >= 0.6 is 23.2 Å². The lowest BCUT2D eigenvalue weighted by Gasteiger charge is -2.04. The van der Waals surface area contributed by atoms with Gasteiger partial charge in [0.25, 0.3) is 0 Å². The van der Waals surface area contributed by atoms with Gasteiger partial charge in [0.1, 0.15) is 6.33 Å². The molecule has 1 aromatic carbocycles. The normalized spacial score (nSPS) is 10.6. The summed E-state index contributed by atoms with van der Waals surface area (Å²) >= 11 is 11.9. The van der Waals surface area contributed by atoms with Crippen molar-refractivity contribution in [1.29, 1.82) is 0 Å². The van der Waals surface area contributed by atoms with Crippen molar-refractivity contribution in [1.82, 2.24) is 24.5 Å². The van der Waals surface area contributed by atoms with E-state index in [9.17, 15) is 0 Å². The lowest BCUT2D eigenvalue weighted by Crippen LogP contribution is -2.02. The average molecular weight is 292 g/mol. The number of benzene rings is 1. The highest BCUT2D eigenvalue weighted by molar-refractivity contribution is 6.30. The number of aromatic nitrogens is 5. The monoisotopic (exact) mass is 291 g/mol. The topological polar surface area (TPSA) is 56.5 Å². The van der Waals surface area contributed by atoms with Gasteiger partial charge in [-0.2, -0.15) is 15.0 Å². The summed E-state index contributed by atoms with van der Waals surface area (Å²) in [5, 5.41) is 0.729. The molecule has 0 atom stereocenters. The van der Waals surface area contributed by atoms with E-state index >= 15 is 0 Å². The van der Waals surface area contributed by atoms with Crippen molar-refractivity contribution in [3.8, 4) is 17.3 Å². The van der Waals surface area contributed by atoms with Crippen LogP contribution in [0, 0.1) is 0 Å². The number of rotatable bonds is 2. The second-order valence-corrected chi connectivity index (χ2v) is 4.48. The zero-order valence-electron chi connectivity index (χ0n) is 9.53. The molecule has 19 heavy (non-hydrogen) atoms. The van der Waals surface area contributed by atoms with Crippen LogP contribution in [-0.4, -0.2) is 24.5 Å². The highest BCUT2D eigenvalue weighted by Crippen LogP contribution is 2.21. The second kappa shape index (κ2) is 4.95. The van der Waals surface area contributed by atoms with Crippen LogP contribution in [0.15, 0.2) is 43.0 Å². The van der Waals surface area contributed by atoms with Gasteiger partial charge in [0.05, 0.1) is 0 Å². The first kappa shape index (κ1) is 12.1. The molecule has 2 aromatic heterocycles. The summed E-state index contributed by atoms with van der Waals surface area (Å²) in [6.45, 7) is 0. The van der Waals surface area contributed by atoms with Crippen molar-refractivity contribution >= 4 is 23.2 Å². The number of halogens is 2. The minimum absolute atomic E-state index is 0.119. The number of hydrogen-bond acceptors (Lipinski definition) is 4. The summed E-state index contributed by atoms with van der Waals surface area (Å²) in [6, 6.07) is 7.23. The van der Waals surface area contributed by atoms with Crippen molar-refractivity contribution < 1.29 is 0 Å². The van der Waals surface area contributed by atoms with E-state index in [0.29, 0.717) is 16.8 Å². The molecule has 0 aliphatic heterocycles. The Labute approximate surface area is 118 Å². The van der Waals surface area contributed by atoms with Gasteiger partial charge in [-0.3, -0.25) is 4.57 Å². The van der Waals surface area contributed by atoms with E-state index in [1.807, 2.05) is 12.1 Å². The van der Waals surface area contributed by atoms with Crippen LogP contribution in [0.25, 0.3) is 17.3 Å². The van der Waals surface area contributed by atoms with Crippen LogP contribution in [0.2, 0.25) is 10.3 Å². The molecule has 0 aliphatic rings. The van der Waals surface area contributed by atoms with Gasteiger partial charge in [-0.15, -0.1) is 0 Å². The third-order valence-corrected chi connectivity index (χ3v) is 2.82. The van der Waals surface area contributed by atoms with Gasteiger partial charge in [0, 0.05) is 23.0 Å². The molecule has 3 rings (SSSR count). The summed E-state index contributed by atoms with van der Waals surface area (Å²) in [4.78, 5) is 16.5. The van der Waals surface area contributed by atoms with Crippen LogP contribution in [0.5, 0.6) is 0 Å². The molecule has 0 unspecified atom stereocenters. The van der Waals surface area contributed by atoms with Gasteiger partial charge >= 0.3 is 0 Å². The van der Waals surface area contributed by atoms with Crippen molar-refractivity contribution in [2.45, 2.75) is 0 Å². The molecule has 0 spiro atoms. The molecule has 7 heteroatoms. The van der Waals surface area contributed by atoms with Gasteiger partial charge in [-0.1, -0.05) is 23.7 Å². The zero-order valence-corrected chi connectivity index (χ0v) is 11.0. The maximum Gasteiger partial charge on any atom is 0.239 e. The van der Waals surface area contributed by atoms with Gasteiger partial charge in [0.15, 0.2) is 5.82 Å². The highest BCUT2D eigenvalue weighted by atomic mass is 35.5. The van der Waals surface area contributed by atoms with E-state index in [1.54, 1.807) is 35.4 Å². The Hall–Kier alpha value is -1.98. The Morgan fingerprint density at radius 2 is 1.95 bits per heavy atom. The SMILES string of the molecule is Clc1cccc(-c2nc(Cl)nc(-n3ccnc3)n2)c1. The minimum atomic E-state index is 0.119. The summed E-state index contributed by atoms with van der Waals surface area (Å²) in [5.74, 6) is 0.874. The van der Waals surface area contributed by atoms with Gasteiger partial charge in [-0.25, -0.2) is 4.98 Å². The van der Waals surface area contributed by atoms with E-state index in [1.165, 1.54) is 0 Å². The van der Waals surface area contributed by atoms with Crippen LogP contribution in [0.1, 0.15) is 0 Å². The molecule has 0 radical (unpaired) electrons. The Kier molecular flexibility index (Phi) is 3.15. The van der Waals surface area contributed by atoms with Gasteiger partial charge in [-0.05, 0) is 23.7 Å². The van der Waals surface area contributed by atoms with E-state index in [2.05, 4.69) is 19.9 Å². The van der Waals surface area contributed by atoms with Crippen molar-refractivity contribution in [2.24, 2.45) is 0 Å². The van der Waals surface area contributed by atoms with Crippen molar-refractivity contribution in [3.05, 3.63) is 53.3 Å².